The molecule has 0 aliphatic carbocycles. The minimum Gasteiger partial charge on any atom is -0.381 e. The predicted molar refractivity (Wildman–Crippen MR) is 105 cm³/mol. The average molecular weight is 363 g/mol. The van der Waals surface area contributed by atoms with E-state index < -0.39 is 11.6 Å². The third-order valence-electron chi connectivity index (χ3n) is 5.08. The SMILES string of the molecule is Cc1ccc(-c2ccc(C[C@@H](C#N)NC(=O)C3(N)CCOCC3)cc2)cc1. The van der Waals surface area contributed by atoms with E-state index in [2.05, 4.69) is 42.6 Å². The van der Waals surface area contributed by atoms with Crippen molar-refractivity contribution >= 4 is 5.91 Å². The number of nitrogens with two attached hydrogens (primary N) is 1. The van der Waals surface area contributed by atoms with Gasteiger partial charge in [-0.15, -0.1) is 0 Å². The number of nitrogens with one attached hydrogen (secondary N) is 1. The smallest absolute Gasteiger partial charge is 0.241 e. The molecule has 1 amide bonds. The van der Waals surface area contributed by atoms with Gasteiger partial charge in [-0.2, -0.15) is 5.26 Å². The zero-order valence-corrected chi connectivity index (χ0v) is 15.6. The number of ether oxygens (including phenoxy) is 1. The lowest BCUT2D eigenvalue weighted by Crippen LogP contribution is -2.58. The Hall–Kier alpha value is -2.68. The van der Waals surface area contributed by atoms with Crippen molar-refractivity contribution in [3.63, 3.8) is 0 Å². The Labute approximate surface area is 160 Å². The molecule has 1 fully saturated rings. The average Bonchev–Trinajstić information content (AvgIpc) is 2.69. The second-order valence-electron chi connectivity index (χ2n) is 7.19. The largest absolute Gasteiger partial charge is 0.381 e. The van der Waals surface area contributed by atoms with Crippen LogP contribution in [0.15, 0.2) is 48.5 Å². The zero-order valence-electron chi connectivity index (χ0n) is 15.6. The summed E-state index contributed by atoms with van der Waals surface area (Å²) in [5, 5.41) is 12.2. The minimum atomic E-state index is -0.942. The second-order valence-corrected chi connectivity index (χ2v) is 7.19. The lowest BCUT2D eigenvalue weighted by molar-refractivity contribution is -0.130. The van der Waals surface area contributed by atoms with Crippen molar-refractivity contribution in [2.24, 2.45) is 5.73 Å². The molecule has 140 valence electrons. The van der Waals surface area contributed by atoms with E-state index in [0.717, 1.165) is 16.7 Å². The summed E-state index contributed by atoms with van der Waals surface area (Å²) in [7, 11) is 0. The first kappa shape index (κ1) is 19.1. The van der Waals surface area contributed by atoms with Crippen molar-refractivity contribution in [3.05, 3.63) is 59.7 Å². The highest BCUT2D eigenvalue weighted by Gasteiger charge is 2.36. The second kappa shape index (κ2) is 8.34. The van der Waals surface area contributed by atoms with E-state index in [-0.39, 0.29) is 5.91 Å². The van der Waals surface area contributed by atoms with E-state index in [9.17, 15) is 10.1 Å². The highest BCUT2D eigenvalue weighted by Crippen LogP contribution is 2.21. The van der Waals surface area contributed by atoms with Crippen molar-refractivity contribution in [3.8, 4) is 17.2 Å². The maximum absolute atomic E-state index is 12.5. The Morgan fingerprint density at radius 1 is 1.15 bits per heavy atom. The summed E-state index contributed by atoms with van der Waals surface area (Å²) < 4.78 is 5.27. The molecule has 1 saturated heterocycles. The summed E-state index contributed by atoms with van der Waals surface area (Å²) in [6.45, 7) is 3.01. The standard InChI is InChI=1S/C22H25N3O2/c1-16-2-6-18(7-3-16)19-8-4-17(5-9-19)14-20(15-23)25-21(26)22(24)10-12-27-13-11-22/h2-9,20H,10-14,24H2,1H3,(H,25,26)/t20-/m0/s1. The van der Waals surface area contributed by atoms with Gasteiger partial charge in [-0.1, -0.05) is 54.1 Å². The molecule has 27 heavy (non-hydrogen) atoms. The van der Waals surface area contributed by atoms with Crippen LogP contribution in [0.2, 0.25) is 0 Å². The van der Waals surface area contributed by atoms with Gasteiger partial charge in [0.25, 0.3) is 0 Å². The van der Waals surface area contributed by atoms with Gasteiger partial charge in [0.2, 0.25) is 5.91 Å². The fourth-order valence-electron chi connectivity index (χ4n) is 3.21. The molecule has 2 aromatic rings. The molecule has 0 bridgehead atoms. The van der Waals surface area contributed by atoms with Crippen LogP contribution in [0, 0.1) is 18.3 Å². The van der Waals surface area contributed by atoms with Crippen LogP contribution in [-0.4, -0.2) is 30.7 Å². The highest BCUT2D eigenvalue weighted by molar-refractivity contribution is 5.86. The maximum Gasteiger partial charge on any atom is 0.241 e. The Morgan fingerprint density at radius 3 is 2.26 bits per heavy atom. The predicted octanol–water partition coefficient (Wildman–Crippen LogP) is 2.72. The van der Waals surface area contributed by atoms with Gasteiger partial charge in [0.05, 0.1) is 11.6 Å². The minimum absolute atomic E-state index is 0.270. The number of hydrogen-bond acceptors (Lipinski definition) is 4. The van der Waals surface area contributed by atoms with E-state index in [1.165, 1.54) is 5.56 Å². The molecule has 3 N–H and O–H groups in total. The topological polar surface area (TPSA) is 88.1 Å². The van der Waals surface area contributed by atoms with Crippen LogP contribution in [0.4, 0.5) is 0 Å². The van der Waals surface area contributed by atoms with Crippen LogP contribution in [-0.2, 0) is 16.0 Å². The van der Waals surface area contributed by atoms with E-state index in [1.807, 2.05) is 24.3 Å². The summed E-state index contributed by atoms with van der Waals surface area (Å²) >= 11 is 0. The van der Waals surface area contributed by atoms with Crippen LogP contribution >= 0.6 is 0 Å². The molecule has 1 aliphatic heterocycles. The first-order chi connectivity index (χ1) is 13.0. The Bertz CT molecular complexity index is 816. The Balaban J connectivity index is 1.63. The lowest BCUT2D eigenvalue weighted by Gasteiger charge is -2.32. The van der Waals surface area contributed by atoms with Crippen molar-refractivity contribution < 1.29 is 9.53 Å². The Morgan fingerprint density at radius 2 is 1.70 bits per heavy atom. The molecular formula is C22H25N3O2. The first-order valence-corrected chi connectivity index (χ1v) is 9.23. The molecule has 0 radical (unpaired) electrons. The maximum atomic E-state index is 12.5. The summed E-state index contributed by atoms with van der Waals surface area (Å²) in [6.07, 6.45) is 1.40. The molecule has 0 aromatic heterocycles. The number of aryl methyl sites for hydroxylation is 1. The van der Waals surface area contributed by atoms with Gasteiger partial charge in [-0.05, 0) is 36.5 Å². The van der Waals surface area contributed by atoms with Gasteiger partial charge in [0.15, 0.2) is 0 Å². The lowest BCUT2D eigenvalue weighted by atomic mass is 9.90. The van der Waals surface area contributed by atoms with Crippen LogP contribution in [0.25, 0.3) is 11.1 Å². The van der Waals surface area contributed by atoms with Crippen LogP contribution < -0.4 is 11.1 Å². The van der Waals surface area contributed by atoms with Crippen molar-refractivity contribution in [1.82, 2.24) is 5.32 Å². The van der Waals surface area contributed by atoms with Gasteiger partial charge in [0.1, 0.15) is 6.04 Å². The normalized spacial score (nSPS) is 16.9. The fourth-order valence-corrected chi connectivity index (χ4v) is 3.21. The van der Waals surface area contributed by atoms with Gasteiger partial charge >= 0.3 is 0 Å². The third kappa shape index (κ3) is 4.73. The number of rotatable bonds is 5. The molecule has 0 unspecified atom stereocenters. The molecule has 1 heterocycles. The van der Waals surface area contributed by atoms with Crippen LogP contribution in [0.5, 0.6) is 0 Å². The number of nitrogens with zero attached hydrogens (tertiary/aromatic N) is 1. The van der Waals surface area contributed by atoms with E-state index >= 15 is 0 Å². The molecular weight excluding hydrogens is 338 g/mol. The summed E-state index contributed by atoms with van der Waals surface area (Å²) in [4.78, 5) is 12.5. The van der Waals surface area contributed by atoms with Crippen LogP contribution in [0.1, 0.15) is 24.0 Å². The van der Waals surface area contributed by atoms with Gasteiger partial charge < -0.3 is 15.8 Å². The Kier molecular flexibility index (Phi) is 5.90. The summed E-state index contributed by atoms with van der Waals surface area (Å²) in [6, 6.07) is 18.0. The van der Waals surface area contributed by atoms with Crippen molar-refractivity contribution in [2.45, 2.75) is 37.8 Å². The summed E-state index contributed by atoms with van der Waals surface area (Å²) in [5.41, 5.74) is 9.75. The molecule has 3 rings (SSSR count). The molecule has 5 nitrogen and oxygen atoms in total. The molecule has 5 heteroatoms. The monoisotopic (exact) mass is 363 g/mol. The number of carbonyl (C=O) groups is 1. The van der Waals surface area contributed by atoms with E-state index in [4.69, 9.17) is 10.5 Å². The van der Waals surface area contributed by atoms with Crippen molar-refractivity contribution in [1.29, 1.82) is 5.26 Å². The molecule has 0 saturated carbocycles. The molecule has 2 aromatic carbocycles. The van der Waals surface area contributed by atoms with Gasteiger partial charge in [0, 0.05) is 19.6 Å². The van der Waals surface area contributed by atoms with Crippen LogP contribution in [0.3, 0.4) is 0 Å². The number of amides is 1. The van der Waals surface area contributed by atoms with Gasteiger partial charge in [-0.3, -0.25) is 4.79 Å². The van der Waals surface area contributed by atoms with E-state index in [0.29, 0.717) is 32.5 Å². The van der Waals surface area contributed by atoms with E-state index in [1.54, 1.807) is 0 Å². The third-order valence-corrected chi connectivity index (χ3v) is 5.08. The molecule has 1 aliphatic rings. The quantitative estimate of drug-likeness (QED) is 0.855. The van der Waals surface area contributed by atoms with Crippen molar-refractivity contribution in [2.75, 3.05) is 13.2 Å². The number of hydrogen-bond donors (Lipinski definition) is 2. The first-order valence-electron chi connectivity index (χ1n) is 9.23. The molecule has 0 spiro atoms. The number of nitriles is 1. The number of benzene rings is 2. The number of carbonyl (C=O) groups excluding carboxylic acids is 1. The fraction of sp³-hybridized carbons (Fsp3) is 0.364. The zero-order chi connectivity index (χ0) is 19.3. The highest BCUT2D eigenvalue weighted by atomic mass is 16.5. The van der Waals surface area contributed by atoms with Gasteiger partial charge in [-0.25, -0.2) is 0 Å². The molecule has 1 atom stereocenters. The summed E-state index contributed by atoms with van der Waals surface area (Å²) in [5.74, 6) is -0.270.